The maximum absolute atomic E-state index is 13.0. The highest BCUT2D eigenvalue weighted by Gasteiger charge is 2.31. The predicted molar refractivity (Wildman–Crippen MR) is 54.2 cm³/mol. The Morgan fingerprint density at radius 2 is 2.27 bits per heavy atom. The molecular formula is C10H14FN3O. The summed E-state index contributed by atoms with van der Waals surface area (Å²) in [7, 11) is 0. The van der Waals surface area contributed by atoms with Gasteiger partial charge in [0.05, 0.1) is 18.8 Å². The highest BCUT2D eigenvalue weighted by Crippen LogP contribution is 2.24. The lowest BCUT2D eigenvalue weighted by atomic mass is 10.0. The smallest absolute Gasteiger partial charge is 0.218 e. The van der Waals surface area contributed by atoms with Gasteiger partial charge in [0.25, 0.3) is 0 Å². The average Bonchev–Trinajstić information content (AvgIpc) is 2.17. The first-order valence-electron chi connectivity index (χ1n) is 4.92. The minimum absolute atomic E-state index is 0.154. The number of hydrogen-bond acceptors (Lipinski definition) is 4. The van der Waals surface area contributed by atoms with Gasteiger partial charge in [-0.25, -0.2) is 9.97 Å². The lowest BCUT2D eigenvalue weighted by molar-refractivity contribution is 0.0638. The number of halogens is 1. The van der Waals surface area contributed by atoms with Crippen LogP contribution >= 0.6 is 0 Å². The van der Waals surface area contributed by atoms with Gasteiger partial charge in [-0.15, -0.1) is 0 Å². The summed E-state index contributed by atoms with van der Waals surface area (Å²) >= 11 is 0. The Morgan fingerprint density at radius 3 is 2.93 bits per heavy atom. The molecule has 0 amide bonds. The van der Waals surface area contributed by atoms with Crippen molar-refractivity contribution >= 4 is 5.82 Å². The van der Waals surface area contributed by atoms with Crippen LogP contribution in [0.15, 0.2) is 12.4 Å². The van der Waals surface area contributed by atoms with Crippen LogP contribution in [0.2, 0.25) is 0 Å². The van der Waals surface area contributed by atoms with Crippen molar-refractivity contribution < 1.29 is 9.13 Å². The largest absolute Gasteiger partial charge is 0.377 e. The molecule has 0 bridgehead atoms. The fraction of sp³-hybridized carbons (Fsp3) is 0.600. The van der Waals surface area contributed by atoms with Crippen molar-refractivity contribution in [2.45, 2.75) is 19.4 Å². The molecule has 2 heterocycles. The molecule has 15 heavy (non-hydrogen) atoms. The Balaban J connectivity index is 2.29. The lowest BCUT2D eigenvalue weighted by Gasteiger charge is -2.42. The molecule has 1 aliphatic heterocycles. The van der Waals surface area contributed by atoms with Gasteiger partial charge < -0.3 is 9.64 Å². The summed E-state index contributed by atoms with van der Waals surface area (Å²) in [6.45, 7) is 6.09. The van der Waals surface area contributed by atoms with E-state index < -0.39 is 5.95 Å². The zero-order valence-corrected chi connectivity index (χ0v) is 8.90. The normalized spacial score (nSPS) is 20.3. The second-order valence-electron chi connectivity index (χ2n) is 4.22. The van der Waals surface area contributed by atoms with Crippen molar-refractivity contribution in [2.75, 3.05) is 24.7 Å². The molecule has 1 fully saturated rings. The van der Waals surface area contributed by atoms with Crippen molar-refractivity contribution in [1.29, 1.82) is 0 Å². The molecule has 82 valence electrons. The van der Waals surface area contributed by atoms with Gasteiger partial charge in [0.1, 0.15) is 12.1 Å². The molecule has 4 nitrogen and oxygen atoms in total. The first-order valence-corrected chi connectivity index (χ1v) is 4.92. The Bertz CT molecular complexity index is 356. The molecule has 2 rings (SSSR count). The lowest BCUT2D eigenvalue weighted by Crippen LogP contribution is -2.53. The average molecular weight is 211 g/mol. The van der Waals surface area contributed by atoms with Crippen LogP contribution in [0.3, 0.4) is 0 Å². The van der Waals surface area contributed by atoms with Crippen molar-refractivity contribution in [1.82, 2.24) is 9.97 Å². The summed E-state index contributed by atoms with van der Waals surface area (Å²) in [6, 6.07) is 1.35. The maximum atomic E-state index is 13.0. The molecule has 0 aliphatic carbocycles. The SMILES string of the molecule is CC1(C)COCCN1c1cc(F)ncn1. The molecule has 1 aromatic rings. The summed E-state index contributed by atoms with van der Waals surface area (Å²) in [5.74, 6) is 0.123. The minimum atomic E-state index is -0.498. The molecule has 0 N–H and O–H groups in total. The second-order valence-corrected chi connectivity index (χ2v) is 4.22. The summed E-state index contributed by atoms with van der Waals surface area (Å²) < 4.78 is 18.4. The number of aromatic nitrogens is 2. The number of ether oxygens (including phenoxy) is 1. The maximum Gasteiger partial charge on any atom is 0.218 e. The van der Waals surface area contributed by atoms with Crippen LogP contribution in [0.5, 0.6) is 0 Å². The molecule has 5 heteroatoms. The van der Waals surface area contributed by atoms with Crippen molar-refractivity contribution in [2.24, 2.45) is 0 Å². The van der Waals surface area contributed by atoms with E-state index in [1.165, 1.54) is 12.4 Å². The molecule has 1 aromatic heterocycles. The molecular weight excluding hydrogens is 197 g/mol. The highest BCUT2D eigenvalue weighted by atomic mass is 19.1. The number of anilines is 1. The van der Waals surface area contributed by atoms with E-state index in [-0.39, 0.29) is 5.54 Å². The molecule has 0 aromatic carbocycles. The topological polar surface area (TPSA) is 38.2 Å². The standard InChI is InChI=1S/C10H14FN3O/c1-10(2)6-15-4-3-14(10)9-5-8(11)12-7-13-9/h5,7H,3-4,6H2,1-2H3. The zero-order chi connectivity index (χ0) is 10.9. The quantitative estimate of drug-likeness (QED) is 0.655. The van der Waals surface area contributed by atoms with E-state index >= 15 is 0 Å². The summed E-state index contributed by atoms with van der Waals surface area (Å²) in [5, 5.41) is 0. The van der Waals surface area contributed by atoms with Crippen LogP contribution in [0.25, 0.3) is 0 Å². The van der Waals surface area contributed by atoms with E-state index in [1.807, 2.05) is 18.7 Å². The van der Waals surface area contributed by atoms with Crippen LogP contribution < -0.4 is 4.90 Å². The van der Waals surface area contributed by atoms with Gasteiger partial charge in [-0.3, -0.25) is 0 Å². The van der Waals surface area contributed by atoms with Gasteiger partial charge in [0, 0.05) is 12.6 Å². The number of rotatable bonds is 1. The Morgan fingerprint density at radius 1 is 1.47 bits per heavy atom. The van der Waals surface area contributed by atoms with Crippen LogP contribution in [0.4, 0.5) is 10.2 Å². The monoisotopic (exact) mass is 211 g/mol. The molecule has 0 radical (unpaired) electrons. The van der Waals surface area contributed by atoms with Gasteiger partial charge in [-0.2, -0.15) is 4.39 Å². The van der Waals surface area contributed by atoms with Gasteiger partial charge in [0.2, 0.25) is 5.95 Å². The highest BCUT2D eigenvalue weighted by molar-refractivity contribution is 5.41. The summed E-state index contributed by atoms with van der Waals surface area (Å²) in [6.07, 6.45) is 1.25. The summed E-state index contributed by atoms with van der Waals surface area (Å²) in [4.78, 5) is 9.57. The summed E-state index contributed by atoms with van der Waals surface area (Å²) in [5.41, 5.74) is -0.154. The van der Waals surface area contributed by atoms with E-state index in [0.717, 1.165) is 6.54 Å². The number of nitrogens with zero attached hydrogens (tertiary/aromatic N) is 3. The molecule has 0 atom stereocenters. The van der Waals surface area contributed by atoms with Crippen LogP contribution in [0.1, 0.15) is 13.8 Å². The van der Waals surface area contributed by atoms with Crippen LogP contribution in [0, 0.1) is 5.95 Å². The van der Waals surface area contributed by atoms with E-state index in [9.17, 15) is 4.39 Å². The van der Waals surface area contributed by atoms with E-state index in [2.05, 4.69) is 9.97 Å². The van der Waals surface area contributed by atoms with Crippen molar-refractivity contribution in [3.63, 3.8) is 0 Å². The molecule has 0 saturated carbocycles. The number of morpholine rings is 1. The predicted octanol–water partition coefficient (Wildman–Crippen LogP) is 1.23. The fourth-order valence-electron chi connectivity index (χ4n) is 1.75. The van der Waals surface area contributed by atoms with E-state index in [0.29, 0.717) is 19.0 Å². The third-order valence-corrected chi connectivity index (χ3v) is 2.54. The van der Waals surface area contributed by atoms with Gasteiger partial charge in [0.15, 0.2) is 0 Å². The van der Waals surface area contributed by atoms with Gasteiger partial charge in [-0.05, 0) is 13.8 Å². The first-order chi connectivity index (χ1) is 7.09. The minimum Gasteiger partial charge on any atom is -0.377 e. The fourth-order valence-corrected chi connectivity index (χ4v) is 1.75. The Labute approximate surface area is 88.1 Å². The third-order valence-electron chi connectivity index (χ3n) is 2.54. The third kappa shape index (κ3) is 2.07. The van der Waals surface area contributed by atoms with Crippen molar-refractivity contribution in [3.8, 4) is 0 Å². The molecule has 1 saturated heterocycles. The molecule has 0 spiro atoms. The molecule has 0 unspecified atom stereocenters. The van der Waals surface area contributed by atoms with Crippen LogP contribution in [-0.2, 0) is 4.74 Å². The van der Waals surface area contributed by atoms with Crippen LogP contribution in [-0.4, -0.2) is 35.3 Å². The zero-order valence-electron chi connectivity index (χ0n) is 8.90. The Hall–Kier alpha value is -1.23. The molecule has 1 aliphatic rings. The van der Waals surface area contributed by atoms with Gasteiger partial charge in [-0.1, -0.05) is 0 Å². The van der Waals surface area contributed by atoms with E-state index in [1.54, 1.807) is 0 Å². The van der Waals surface area contributed by atoms with Gasteiger partial charge >= 0.3 is 0 Å². The first kappa shape index (κ1) is 10.3. The Kier molecular flexibility index (Phi) is 2.56. The van der Waals surface area contributed by atoms with Crippen molar-refractivity contribution in [3.05, 3.63) is 18.3 Å². The van der Waals surface area contributed by atoms with E-state index in [4.69, 9.17) is 4.74 Å². The number of hydrogen-bond donors (Lipinski definition) is 0. The second kappa shape index (κ2) is 3.73.